The second kappa shape index (κ2) is 4.53. The summed E-state index contributed by atoms with van der Waals surface area (Å²) in [5, 5.41) is 0.539. The van der Waals surface area contributed by atoms with E-state index in [0.29, 0.717) is 23.6 Å². The Bertz CT molecular complexity index is 412. The predicted octanol–water partition coefficient (Wildman–Crippen LogP) is 1.81. The third-order valence-electron chi connectivity index (χ3n) is 2.22. The average molecular weight is 241 g/mol. The molecule has 4 nitrogen and oxygen atoms in total. The highest BCUT2D eigenvalue weighted by atomic mass is 35.5. The molecule has 1 aromatic rings. The van der Waals surface area contributed by atoms with E-state index in [1.54, 1.807) is 24.3 Å². The molecule has 1 heterocycles. The first-order valence-electron chi connectivity index (χ1n) is 4.80. The Morgan fingerprint density at radius 3 is 2.62 bits per heavy atom. The lowest BCUT2D eigenvalue weighted by Crippen LogP contribution is -2.22. The van der Waals surface area contributed by atoms with Crippen LogP contribution in [0.25, 0.3) is 0 Å². The molecule has 5 heteroatoms. The van der Waals surface area contributed by atoms with Crippen LogP contribution < -0.4 is 0 Å². The largest absolute Gasteiger partial charge is 0.463 e. The van der Waals surface area contributed by atoms with Crippen LogP contribution in [-0.4, -0.2) is 24.6 Å². The van der Waals surface area contributed by atoms with E-state index in [1.807, 2.05) is 0 Å². The SMILES string of the molecule is O=C(OC1CCOC1=O)c1ccc(Cl)cc1. The molecule has 0 aromatic heterocycles. The third kappa shape index (κ3) is 2.33. The highest BCUT2D eigenvalue weighted by Gasteiger charge is 2.30. The summed E-state index contributed by atoms with van der Waals surface area (Å²) < 4.78 is 9.68. The van der Waals surface area contributed by atoms with E-state index in [2.05, 4.69) is 4.74 Å². The fourth-order valence-corrected chi connectivity index (χ4v) is 1.49. The average Bonchev–Trinajstić information content (AvgIpc) is 2.65. The quantitative estimate of drug-likeness (QED) is 0.740. The lowest BCUT2D eigenvalue weighted by molar-refractivity contribution is -0.145. The summed E-state index contributed by atoms with van der Waals surface area (Å²) in [6.45, 7) is 0.303. The van der Waals surface area contributed by atoms with Crippen LogP contribution >= 0.6 is 11.6 Å². The lowest BCUT2D eigenvalue weighted by Gasteiger charge is -2.07. The molecule has 0 aliphatic carbocycles. The van der Waals surface area contributed by atoms with E-state index in [0.717, 1.165) is 0 Å². The maximum atomic E-state index is 11.6. The number of carbonyl (C=O) groups excluding carboxylic acids is 2. The molecule has 0 spiro atoms. The molecule has 84 valence electrons. The normalized spacial score (nSPS) is 19.3. The molecule has 16 heavy (non-hydrogen) atoms. The van der Waals surface area contributed by atoms with Gasteiger partial charge >= 0.3 is 11.9 Å². The molecule has 1 fully saturated rings. The number of esters is 2. The zero-order valence-corrected chi connectivity index (χ0v) is 9.07. The second-order valence-electron chi connectivity index (χ2n) is 3.36. The summed E-state index contributed by atoms with van der Waals surface area (Å²) in [6, 6.07) is 6.27. The van der Waals surface area contributed by atoms with E-state index < -0.39 is 18.0 Å². The number of hydrogen-bond acceptors (Lipinski definition) is 4. The molecule has 1 saturated heterocycles. The van der Waals surface area contributed by atoms with Crippen LogP contribution in [0.4, 0.5) is 0 Å². The Labute approximate surface area is 97.1 Å². The molecule has 0 N–H and O–H groups in total. The zero-order chi connectivity index (χ0) is 11.5. The Morgan fingerprint density at radius 2 is 2.06 bits per heavy atom. The molecule has 1 atom stereocenters. The minimum Gasteiger partial charge on any atom is -0.463 e. The van der Waals surface area contributed by atoms with E-state index in [4.69, 9.17) is 16.3 Å². The van der Waals surface area contributed by atoms with Crippen molar-refractivity contribution in [1.82, 2.24) is 0 Å². The van der Waals surface area contributed by atoms with Gasteiger partial charge in [0.05, 0.1) is 12.2 Å². The van der Waals surface area contributed by atoms with Crippen LogP contribution in [0.5, 0.6) is 0 Å². The van der Waals surface area contributed by atoms with Gasteiger partial charge in [-0.1, -0.05) is 11.6 Å². The first kappa shape index (κ1) is 11.0. The van der Waals surface area contributed by atoms with Gasteiger partial charge in [-0.3, -0.25) is 0 Å². The van der Waals surface area contributed by atoms with Crippen molar-refractivity contribution in [3.05, 3.63) is 34.9 Å². The summed E-state index contributed by atoms with van der Waals surface area (Å²) in [4.78, 5) is 22.7. The molecule has 0 saturated carbocycles. The van der Waals surface area contributed by atoms with Crippen molar-refractivity contribution in [2.75, 3.05) is 6.61 Å². The second-order valence-corrected chi connectivity index (χ2v) is 3.79. The lowest BCUT2D eigenvalue weighted by atomic mass is 10.2. The molecule has 2 rings (SSSR count). The highest BCUT2D eigenvalue weighted by molar-refractivity contribution is 6.30. The van der Waals surface area contributed by atoms with Gasteiger partial charge in [0.25, 0.3) is 0 Å². The monoisotopic (exact) mass is 240 g/mol. The smallest absolute Gasteiger partial charge is 0.347 e. The van der Waals surface area contributed by atoms with Crippen LogP contribution in [0.3, 0.4) is 0 Å². The number of halogens is 1. The molecule has 0 radical (unpaired) electrons. The van der Waals surface area contributed by atoms with Gasteiger partial charge < -0.3 is 9.47 Å². The fourth-order valence-electron chi connectivity index (χ4n) is 1.37. The number of carbonyl (C=O) groups is 2. The number of benzene rings is 1. The summed E-state index contributed by atoms with van der Waals surface area (Å²) in [5.74, 6) is -1.03. The van der Waals surface area contributed by atoms with Crippen molar-refractivity contribution < 1.29 is 19.1 Å². The number of ether oxygens (including phenoxy) is 2. The van der Waals surface area contributed by atoms with Gasteiger partial charge in [-0.05, 0) is 24.3 Å². The fraction of sp³-hybridized carbons (Fsp3) is 0.273. The van der Waals surface area contributed by atoms with Gasteiger partial charge in [0, 0.05) is 11.4 Å². The van der Waals surface area contributed by atoms with Crippen LogP contribution in [0, 0.1) is 0 Å². The highest BCUT2D eigenvalue weighted by Crippen LogP contribution is 2.15. The molecule has 1 aliphatic rings. The first-order valence-corrected chi connectivity index (χ1v) is 5.18. The molecule has 1 aromatic carbocycles. The summed E-state index contributed by atoms with van der Waals surface area (Å²) >= 11 is 5.68. The minimum atomic E-state index is -0.775. The van der Waals surface area contributed by atoms with Gasteiger partial charge in [0.2, 0.25) is 6.10 Å². The maximum Gasteiger partial charge on any atom is 0.347 e. The zero-order valence-electron chi connectivity index (χ0n) is 8.31. The van der Waals surface area contributed by atoms with E-state index >= 15 is 0 Å². The van der Waals surface area contributed by atoms with Crippen LogP contribution in [0.1, 0.15) is 16.8 Å². The van der Waals surface area contributed by atoms with Crippen molar-refractivity contribution in [2.45, 2.75) is 12.5 Å². The Hall–Kier alpha value is -1.55. The Morgan fingerprint density at radius 1 is 1.38 bits per heavy atom. The van der Waals surface area contributed by atoms with Gasteiger partial charge in [-0.2, -0.15) is 0 Å². The van der Waals surface area contributed by atoms with Gasteiger partial charge in [0.1, 0.15) is 0 Å². The topological polar surface area (TPSA) is 52.6 Å². The van der Waals surface area contributed by atoms with E-state index in [-0.39, 0.29) is 0 Å². The van der Waals surface area contributed by atoms with Crippen LogP contribution in [-0.2, 0) is 14.3 Å². The van der Waals surface area contributed by atoms with Gasteiger partial charge in [-0.15, -0.1) is 0 Å². The van der Waals surface area contributed by atoms with Crippen molar-refractivity contribution in [2.24, 2.45) is 0 Å². The Balaban J connectivity index is 2.02. The summed E-state index contributed by atoms with van der Waals surface area (Å²) in [7, 11) is 0. The first-order chi connectivity index (χ1) is 7.66. The predicted molar refractivity (Wildman–Crippen MR) is 56.2 cm³/mol. The number of rotatable bonds is 2. The van der Waals surface area contributed by atoms with Gasteiger partial charge in [-0.25, -0.2) is 9.59 Å². The number of hydrogen-bond donors (Lipinski definition) is 0. The molecular formula is C11H9ClO4. The maximum absolute atomic E-state index is 11.6. The van der Waals surface area contributed by atoms with Crippen molar-refractivity contribution in [3.8, 4) is 0 Å². The number of cyclic esters (lactones) is 1. The third-order valence-corrected chi connectivity index (χ3v) is 2.47. The summed E-state index contributed by atoms with van der Waals surface area (Å²) in [6.07, 6.45) is -0.360. The van der Waals surface area contributed by atoms with E-state index in [9.17, 15) is 9.59 Å². The van der Waals surface area contributed by atoms with Crippen LogP contribution in [0.15, 0.2) is 24.3 Å². The molecule has 0 amide bonds. The van der Waals surface area contributed by atoms with Crippen LogP contribution in [0.2, 0.25) is 5.02 Å². The Kier molecular flexibility index (Phi) is 3.10. The van der Waals surface area contributed by atoms with E-state index in [1.165, 1.54) is 0 Å². The molecule has 0 bridgehead atoms. The van der Waals surface area contributed by atoms with Crippen molar-refractivity contribution in [3.63, 3.8) is 0 Å². The molecule has 1 unspecified atom stereocenters. The minimum absolute atomic E-state index is 0.303. The van der Waals surface area contributed by atoms with Crippen molar-refractivity contribution >= 4 is 23.5 Å². The standard InChI is InChI=1S/C11H9ClO4/c12-8-3-1-7(2-4-8)10(13)16-9-5-6-15-11(9)14/h1-4,9H,5-6H2. The van der Waals surface area contributed by atoms with Gasteiger partial charge in [0.15, 0.2) is 0 Å². The van der Waals surface area contributed by atoms with Crippen molar-refractivity contribution in [1.29, 1.82) is 0 Å². The summed E-state index contributed by atoms with van der Waals surface area (Å²) in [5.41, 5.74) is 0.365. The molecule has 1 aliphatic heterocycles. The molecular weight excluding hydrogens is 232 g/mol.